The van der Waals surface area contributed by atoms with E-state index in [1.165, 1.54) is 10.5 Å². The number of rotatable bonds is 5. The molecule has 0 fully saturated rings. The summed E-state index contributed by atoms with van der Waals surface area (Å²) in [6, 6.07) is 11.7. The minimum atomic E-state index is -0.822. The van der Waals surface area contributed by atoms with Crippen molar-refractivity contribution in [2.24, 2.45) is 0 Å². The number of nitrogens with zero attached hydrogens (tertiary/aromatic N) is 2. The van der Waals surface area contributed by atoms with E-state index < -0.39 is 12.1 Å². The van der Waals surface area contributed by atoms with E-state index >= 15 is 0 Å². The van der Waals surface area contributed by atoms with Crippen molar-refractivity contribution in [1.82, 2.24) is 9.38 Å². The van der Waals surface area contributed by atoms with Gasteiger partial charge in [0.15, 0.2) is 6.10 Å². The predicted octanol–water partition coefficient (Wildman–Crippen LogP) is 3.17. The molecule has 0 aliphatic carbocycles. The van der Waals surface area contributed by atoms with Crippen molar-refractivity contribution in [3.8, 4) is 5.75 Å². The molecule has 2 heterocycles. The number of fused-ring (bicyclic) bond motifs is 1. The van der Waals surface area contributed by atoms with Crippen LogP contribution in [0.4, 0.5) is 0 Å². The van der Waals surface area contributed by atoms with Crippen LogP contribution in [0.25, 0.3) is 5.65 Å². The Balaban J connectivity index is 1.68. The van der Waals surface area contributed by atoms with Crippen molar-refractivity contribution < 1.29 is 14.3 Å². The second-order valence-electron chi connectivity index (χ2n) is 5.80. The molecular weight excluding hydrogens is 356 g/mol. The Hall–Kier alpha value is -2.86. The van der Waals surface area contributed by atoms with Gasteiger partial charge in [0, 0.05) is 17.3 Å². The van der Waals surface area contributed by atoms with Gasteiger partial charge in [-0.2, -0.15) is 0 Å². The fraction of sp³-hybridized carbons (Fsp3) is 0.211. The van der Waals surface area contributed by atoms with Crippen molar-refractivity contribution in [2.45, 2.75) is 26.6 Å². The van der Waals surface area contributed by atoms with Gasteiger partial charge >= 0.3 is 5.97 Å². The highest BCUT2D eigenvalue weighted by molar-refractivity contribution is 6.30. The number of hydrogen-bond donors (Lipinski definition) is 0. The lowest BCUT2D eigenvalue weighted by Gasteiger charge is -2.14. The average Bonchev–Trinajstić information content (AvgIpc) is 2.60. The van der Waals surface area contributed by atoms with Crippen molar-refractivity contribution in [1.29, 1.82) is 0 Å². The van der Waals surface area contributed by atoms with E-state index in [0.29, 0.717) is 22.1 Å². The molecule has 6 nitrogen and oxygen atoms in total. The topological polar surface area (TPSA) is 69.9 Å². The monoisotopic (exact) mass is 372 g/mol. The Morgan fingerprint density at radius 1 is 1.27 bits per heavy atom. The molecule has 134 valence electrons. The number of aromatic nitrogens is 2. The number of pyridine rings is 1. The molecule has 0 aliphatic heterocycles. The Morgan fingerprint density at radius 3 is 2.85 bits per heavy atom. The van der Waals surface area contributed by atoms with Gasteiger partial charge in [-0.1, -0.05) is 23.7 Å². The van der Waals surface area contributed by atoms with Crippen molar-refractivity contribution in [2.75, 3.05) is 0 Å². The summed E-state index contributed by atoms with van der Waals surface area (Å²) in [5.41, 5.74) is 1.55. The fourth-order valence-corrected chi connectivity index (χ4v) is 2.62. The molecule has 1 atom stereocenters. The summed E-state index contributed by atoms with van der Waals surface area (Å²) < 4.78 is 12.2. The molecule has 0 saturated heterocycles. The quantitative estimate of drug-likeness (QED) is 0.643. The fourth-order valence-electron chi connectivity index (χ4n) is 2.44. The van der Waals surface area contributed by atoms with E-state index in [2.05, 4.69) is 4.98 Å². The van der Waals surface area contributed by atoms with E-state index in [0.717, 1.165) is 5.56 Å². The summed E-state index contributed by atoms with van der Waals surface area (Å²) in [5, 5.41) is 0.513. The number of hydrogen-bond acceptors (Lipinski definition) is 5. The first kappa shape index (κ1) is 17.9. The zero-order chi connectivity index (χ0) is 18.7. The molecule has 0 amide bonds. The van der Waals surface area contributed by atoms with E-state index in [4.69, 9.17) is 21.1 Å². The number of ether oxygens (including phenoxy) is 2. The molecule has 1 unspecified atom stereocenters. The molecule has 0 aliphatic rings. The van der Waals surface area contributed by atoms with Crippen LogP contribution in [-0.4, -0.2) is 21.5 Å². The molecule has 7 heteroatoms. The van der Waals surface area contributed by atoms with E-state index in [-0.39, 0.29) is 12.2 Å². The van der Waals surface area contributed by atoms with Crippen LogP contribution in [0.5, 0.6) is 5.75 Å². The van der Waals surface area contributed by atoms with Crippen LogP contribution in [-0.2, 0) is 16.1 Å². The Morgan fingerprint density at radius 2 is 2.08 bits per heavy atom. The molecular formula is C19H17ClN2O4. The number of benzene rings is 1. The molecule has 0 radical (unpaired) electrons. The Labute approximate surface area is 155 Å². The van der Waals surface area contributed by atoms with Gasteiger partial charge in [0.25, 0.3) is 5.56 Å². The maximum absolute atomic E-state index is 12.1. The minimum Gasteiger partial charge on any atom is -0.479 e. The third kappa shape index (κ3) is 4.03. The highest BCUT2D eigenvalue weighted by Gasteiger charge is 2.17. The lowest BCUT2D eigenvalue weighted by Crippen LogP contribution is -2.26. The number of aryl methyl sites for hydroxylation is 1. The van der Waals surface area contributed by atoms with Gasteiger partial charge in [0.2, 0.25) is 0 Å². The van der Waals surface area contributed by atoms with Gasteiger partial charge in [-0.3, -0.25) is 9.20 Å². The highest BCUT2D eigenvalue weighted by atomic mass is 35.5. The molecule has 0 saturated carbocycles. The third-order valence-electron chi connectivity index (χ3n) is 3.74. The summed E-state index contributed by atoms with van der Waals surface area (Å²) in [7, 11) is 0. The lowest BCUT2D eigenvalue weighted by molar-refractivity contribution is -0.152. The van der Waals surface area contributed by atoms with Gasteiger partial charge < -0.3 is 9.47 Å². The molecule has 0 bridgehead atoms. The zero-order valence-electron chi connectivity index (χ0n) is 14.3. The average molecular weight is 373 g/mol. The number of carbonyl (C=O) groups is 1. The zero-order valence-corrected chi connectivity index (χ0v) is 15.1. The summed E-state index contributed by atoms with van der Waals surface area (Å²) in [6.45, 7) is 3.33. The van der Waals surface area contributed by atoms with Crippen LogP contribution in [0.3, 0.4) is 0 Å². The molecule has 0 N–H and O–H groups in total. The van der Waals surface area contributed by atoms with Crippen LogP contribution in [0.2, 0.25) is 5.02 Å². The summed E-state index contributed by atoms with van der Waals surface area (Å²) in [5.74, 6) is -0.0867. The second kappa shape index (κ2) is 7.58. The maximum atomic E-state index is 12.1. The van der Waals surface area contributed by atoms with E-state index in [1.54, 1.807) is 43.5 Å². The van der Waals surface area contributed by atoms with Crippen LogP contribution in [0, 0.1) is 6.92 Å². The summed E-state index contributed by atoms with van der Waals surface area (Å²) >= 11 is 5.89. The van der Waals surface area contributed by atoms with Crippen molar-refractivity contribution >= 4 is 23.2 Å². The molecule has 26 heavy (non-hydrogen) atoms. The second-order valence-corrected chi connectivity index (χ2v) is 6.23. The lowest BCUT2D eigenvalue weighted by atomic mass is 10.3. The molecule has 3 rings (SSSR count). The number of carbonyl (C=O) groups excluding carboxylic acids is 1. The van der Waals surface area contributed by atoms with Crippen LogP contribution in [0.1, 0.15) is 18.2 Å². The van der Waals surface area contributed by atoms with Gasteiger partial charge in [0.05, 0.1) is 5.69 Å². The van der Waals surface area contributed by atoms with Crippen molar-refractivity contribution in [3.05, 3.63) is 75.3 Å². The third-order valence-corrected chi connectivity index (χ3v) is 3.98. The predicted molar refractivity (Wildman–Crippen MR) is 97.5 cm³/mol. The van der Waals surface area contributed by atoms with Crippen LogP contribution in [0.15, 0.2) is 53.5 Å². The smallest absolute Gasteiger partial charge is 0.347 e. The molecule has 2 aromatic heterocycles. The first-order chi connectivity index (χ1) is 12.4. The maximum Gasteiger partial charge on any atom is 0.347 e. The van der Waals surface area contributed by atoms with Crippen molar-refractivity contribution in [3.63, 3.8) is 0 Å². The van der Waals surface area contributed by atoms with Crippen LogP contribution >= 0.6 is 11.6 Å². The number of esters is 1. The first-order valence-electron chi connectivity index (χ1n) is 8.01. The summed E-state index contributed by atoms with van der Waals surface area (Å²) in [4.78, 5) is 28.7. The standard InChI is InChI=1S/C19H17ClN2O4/c1-12-5-4-8-22-17(23)10-15(21-18(12)22)11-25-19(24)13(2)26-16-7-3-6-14(20)9-16/h3-10,13H,11H2,1-2H3. The first-order valence-corrected chi connectivity index (χ1v) is 8.38. The minimum absolute atomic E-state index is 0.109. The number of halogens is 1. The van der Waals surface area contributed by atoms with Crippen LogP contribution < -0.4 is 10.3 Å². The molecule has 1 aromatic carbocycles. The summed E-state index contributed by atoms with van der Waals surface area (Å²) in [6.07, 6.45) is 0.825. The van der Waals surface area contributed by atoms with E-state index in [9.17, 15) is 9.59 Å². The molecule has 3 aromatic rings. The Bertz CT molecular complexity index is 1020. The normalized spacial score (nSPS) is 12.0. The van der Waals surface area contributed by atoms with Gasteiger partial charge in [-0.25, -0.2) is 9.78 Å². The van der Waals surface area contributed by atoms with Gasteiger partial charge in [0.1, 0.15) is 18.0 Å². The van der Waals surface area contributed by atoms with Gasteiger partial charge in [-0.05, 0) is 43.7 Å². The molecule has 0 spiro atoms. The van der Waals surface area contributed by atoms with Gasteiger partial charge in [-0.15, -0.1) is 0 Å². The van der Waals surface area contributed by atoms with E-state index in [1.807, 2.05) is 13.0 Å². The SMILES string of the molecule is Cc1cccn2c(=O)cc(COC(=O)C(C)Oc3cccc(Cl)c3)nc12. The largest absolute Gasteiger partial charge is 0.479 e. The highest BCUT2D eigenvalue weighted by Crippen LogP contribution is 2.18. The Kier molecular flexibility index (Phi) is 5.23.